The molecule has 1 atom stereocenters. The first-order chi connectivity index (χ1) is 14.2. The van der Waals surface area contributed by atoms with Gasteiger partial charge in [-0.2, -0.15) is 0 Å². The SMILES string of the molecule is CC1(C)C[C@@]12C(=O)N(c1cc(C(=O)O)cc(N3CCOC3=O)c1)c1ccc(F)cc12. The third-order valence-corrected chi connectivity index (χ3v) is 6.45. The van der Waals surface area contributed by atoms with Crippen molar-refractivity contribution in [1.82, 2.24) is 0 Å². The highest BCUT2D eigenvalue weighted by Crippen LogP contribution is 2.70. The van der Waals surface area contributed by atoms with Gasteiger partial charge in [0.1, 0.15) is 12.4 Å². The van der Waals surface area contributed by atoms with Gasteiger partial charge >= 0.3 is 12.1 Å². The van der Waals surface area contributed by atoms with Crippen molar-refractivity contribution in [3.8, 4) is 0 Å². The number of carboxylic acid groups (broad SMARTS) is 1. The van der Waals surface area contributed by atoms with E-state index in [0.29, 0.717) is 29.0 Å². The summed E-state index contributed by atoms with van der Waals surface area (Å²) in [5.41, 5.74) is 0.561. The molecule has 2 aromatic rings. The average molecular weight is 410 g/mol. The van der Waals surface area contributed by atoms with Crippen LogP contribution >= 0.6 is 0 Å². The highest BCUT2D eigenvalue weighted by molar-refractivity contribution is 6.16. The molecule has 8 heteroatoms. The van der Waals surface area contributed by atoms with Gasteiger partial charge < -0.3 is 9.84 Å². The zero-order chi connectivity index (χ0) is 21.4. The summed E-state index contributed by atoms with van der Waals surface area (Å²) in [4.78, 5) is 40.1. The Hall–Kier alpha value is -3.42. The Balaban J connectivity index is 1.69. The molecular weight excluding hydrogens is 391 g/mol. The summed E-state index contributed by atoms with van der Waals surface area (Å²) < 4.78 is 19.0. The molecule has 1 aliphatic carbocycles. The fraction of sp³-hybridized carbons (Fsp3) is 0.318. The predicted octanol–water partition coefficient (Wildman–Crippen LogP) is 3.83. The maximum atomic E-state index is 14.1. The number of halogens is 1. The Bertz CT molecular complexity index is 1140. The summed E-state index contributed by atoms with van der Waals surface area (Å²) in [6.07, 6.45) is 0.00825. The van der Waals surface area contributed by atoms with Gasteiger partial charge in [-0.3, -0.25) is 14.6 Å². The van der Waals surface area contributed by atoms with Crippen molar-refractivity contribution in [3.05, 3.63) is 53.3 Å². The molecule has 0 unspecified atom stereocenters. The van der Waals surface area contributed by atoms with Gasteiger partial charge in [0.25, 0.3) is 0 Å². The van der Waals surface area contributed by atoms with Gasteiger partial charge in [-0.05, 0) is 53.8 Å². The molecule has 0 aromatic heterocycles. The normalized spacial score (nSPS) is 23.7. The number of carbonyl (C=O) groups is 3. The first-order valence-corrected chi connectivity index (χ1v) is 9.63. The molecular formula is C22H19FN2O5. The number of amides is 2. The molecule has 1 saturated heterocycles. The molecule has 1 saturated carbocycles. The van der Waals surface area contributed by atoms with Crippen LogP contribution in [0.3, 0.4) is 0 Å². The lowest BCUT2D eigenvalue weighted by Crippen LogP contribution is -2.31. The van der Waals surface area contributed by atoms with Crippen LogP contribution < -0.4 is 9.80 Å². The first kappa shape index (κ1) is 18.6. The monoisotopic (exact) mass is 410 g/mol. The zero-order valence-electron chi connectivity index (χ0n) is 16.4. The van der Waals surface area contributed by atoms with Crippen molar-refractivity contribution in [1.29, 1.82) is 0 Å². The van der Waals surface area contributed by atoms with E-state index in [1.807, 2.05) is 13.8 Å². The van der Waals surface area contributed by atoms with Crippen molar-refractivity contribution in [2.24, 2.45) is 5.41 Å². The molecule has 2 heterocycles. The van der Waals surface area contributed by atoms with Crippen molar-refractivity contribution < 1.29 is 28.6 Å². The lowest BCUT2D eigenvalue weighted by atomic mass is 9.89. The van der Waals surface area contributed by atoms with Gasteiger partial charge in [-0.25, -0.2) is 14.0 Å². The second-order valence-electron chi connectivity index (χ2n) is 8.58. The van der Waals surface area contributed by atoms with Crippen LogP contribution in [-0.4, -0.2) is 36.2 Å². The van der Waals surface area contributed by atoms with Gasteiger partial charge in [-0.1, -0.05) is 13.8 Å². The Kier molecular flexibility index (Phi) is 3.60. The third-order valence-electron chi connectivity index (χ3n) is 6.45. The van der Waals surface area contributed by atoms with Crippen LogP contribution in [0.5, 0.6) is 0 Å². The maximum Gasteiger partial charge on any atom is 0.414 e. The van der Waals surface area contributed by atoms with Crippen LogP contribution in [0.4, 0.5) is 26.2 Å². The summed E-state index contributed by atoms with van der Waals surface area (Å²) in [6, 6.07) is 8.59. The number of fused-ring (bicyclic) bond motifs is 2. The minimum atomic E-state index is -1.18. The Morgan fingerprint density at radius 3 is 2.43 bits per heavy atom. The number of cyclic esters (lactones) is 1. The number of hydrogen-bond acceptors (Lipinski definition) is 4. The van der Waals surface area contributed by atoms with Gasteiger partial charge in [0, 0.05) is 0 Å². The third kappa shape index (κ3) is 2.33. The molecule has 1 spiro atoms. The maximum absolute atomic E-state index is 14.1. The highest BCUT2D eigenvalue weighted by atomic mass is 19.1. The Morgan fingerprint density at radius 1 is 1.13 bits per heavy atom. The average Bonchev–Trinajstić information content (AvgIpc) is 2.95. The second kappa shape index (κ2) is 5.81. The number of benzene rings is 2. The fourth-order valence-electron chi connectivity index (χ4n) is 4.79. The van der Waals surface area contributed by atoms with Crippen LogP contribution in [0.1, 0.15) is 36.2 Å². The number of ether oxygens (including phenoxy) is 1. The quantitative estimate of drug-likeness (QED) is 0.831. The molecule has 2 aromatic carbocycles. The van der Waals surface area contributed by atoms with Crippen LogP contribution in [0.15, 0.2) is 36.4 Å². The smallest absolute Gasteiger partial charge is 0.414 e. The fourth-order valence-corrected chi connectivity index (χ4v) is 4.79. The summed E-state index contributed by atoms with van der Waals surface area (Å²) in [5, 5.41) is 9.59. The molecule has 3 aliphatic rings. The van der Waals surface area contributed by atoms with Crippen molar-refractivity contribution in [2.75, 3.05) is 23.0 Å². The lowest BCUT2D eigenvalue weighted by Gasteiger charge is -2.22. The van der Waals surface area contributed by atoms with Crippen molar-refractivity contribution >= 4 is 35.0 Å². The Morgan fingerprint density at radius 2 is 1.83 bits per heavy atom. The summed E-state index contributed by atoms with van der Waals surface area (Å²) in [5.74, 6) is -1.83. The first-order valence-electron chi connectivity index (χ1n) is 9.63. The zero-order valence-corrected chi connectivity index (χ0v) is 16.4. The van der Waals surface area contributed by atoms with E-state index < -0.39 is 23.3 Å². The van der Waals surface area contributed by atoms with E-state index in [1.54, 1.807) is 12.1 Å². The molecule has 30 heavy (non-hydrogen) atoms. The molecule has 154 valence electrons. The number of aromatic carboxylic acids is 1. The molecule has 2 fully saturated rings. The highest BCUT2D eigenvalue weighted by Gasteiger charge is 2.72. The molecule has 0 radical (unpaired) electrons. The van der Waals surface area contributed by atoms with Crippen LogP contribution in [0.2, 0.25) is 0 Å². The summed E-state index contributed by atoms with van der Waals surface area (Å²) >= 11 is 0. The van der Waals surface area contributed by atoms with Crippen molar-refractivity contribution in [2.45, 2.75) is 25.7 Å². The molecule has 0 bridgehead atoms. The van der Waals surface area contributed by atoms with Gasteiger partial charge in [0.15, 0.2) is 0 Å². The topological polar surface area (TPSA) is 87.2 Å². The van der Waals surface area contributed by atoms with Crippen LogP contribution in [-0.2, 0) is 14.9 Å². The standard InChI is InChI=1S/C22H19FN2O5/c1-21(2)11-22(21)16-9-13(23)3-4-17(16)25(19(22)28)15-8-12(18(26)27)7-14(10-15)24-5-6-30-20(24)29/h3-4,7-10H,5-6,11H2,1-2H3,(H,26,27)/t22-/m1/s1. The van der Waals surface area contributed by atoms with E-state index in [0.717, 1.165) is 0 Å². The summed E-state index contributed by atoms with van der Waals surface area (Å²) in [7, 11) is 0. The minimum Gasteiger partial charge on any atom is -0.478 e. The van der Waals surface area contributed by atoms with E-state index in [-0.39, 0.29) is 30.0 Å². The number of hydrogen-bond donors (Lipinski definition) is 1. The molecule has 5 rings (SSSR count). The summed E-state index contributed by atoms with van der Waals surface area (Å²) in [6.45, 7) is 4.41. The Labute approximate surface area is 171 Å². The number of carbonyl (C=O) groups excluding carboxylic acids is 2. The van der Waals surface area contributed by atoms with Crippen LogP contribution in [0.25, 0.3) is 0 Å². The predicted molar refractivity (Wildman–Crippen MR) is 106 cm³/mol. The largest absolute Gasteiger partial charge is 0.478 e. The lowest BCUT2D eigenvalue weighted by molar-refractivity contribution is -0.120. The number of carboxylic acids is 1. The number of anilines is 3. The van der Waals surface area contributed by atoms with Crippen LogP contribution in [0, 0.1) is 11.2 Å². The number of rotatable bonds is 3. The molecule has 7 nitrogen and oxygen atoms in total. The van der Waals surface area contributed by atoms with E-state index in [1.165, 1.54) is 34.1 Å². The molecule has 2 amide bonds. The van der Waals surface area contributed by atoms with Gasteiger partial charge in [-0.15, -0.1) is 0 Å². The van der Waals surface area contributed by atoms with Crippen molar-refractivity contribution in [3.63, 3.8) is 0 Å². The van der Waals surface area contributed by atoms with E-state index >= 15 is 0 Å². The minimum absolute atomic E-state index is 0.0605. The van der Waals surface area contributed by atoms with E-state index in [4.69, 9.17) is 4.74 Å². The molecule has 1 N–H and O–H groups in total. The number of nitrogens with zero attached hydrogens (tertiary/aromatic N) is 2. The van der Waals surface area contributed by atoms with E-state index in [2.05, 4.69) is 0 Å². The molecule has 2 aliphatic heterocycles. The van der Waals surface area contributed by atoms with Gasteiger partial charge in [0.05, 0.1) is 34.6 Å². The van der Waals surface area contributed by atoms with E-state index in [9.17, 15) is 23.9 Å². The second-order valence-corrected chi connectivity index (χ2v) is 8.58. The van der Waals surface area contributed by atoms with Gasteiger partial charge in [0.2, 0.25) is 5.91 Å².